The van der Waals surface area contributed by atoms with Crippen LogP contribution in [0.3, 0.4) is 0 Å². The first-order valence-electron chi connectivity index (χ1n) is 9.37. The van der Waals surface area contributed by atoms with E-state index in [-0.39, 0.29) is 23.4 Å². The van der Waals surface area contributed by atoms with Gasteiger partial charge in [0.1, 0.15) is 5.25 Å². The smallest absolute Gasteiger partial charge is 0.238 e. The maximum absolute atomic E-state index is 12.6. The monoisotopic (exact) mass is 476 g/mol. The normalized spacial score (nSPS) is 17.2. The Bertz CT molecular complexity index is 1050. The Morgan fingerprint density at radius 3 is 2.53 bits per heavy atom. The van der Waals surface area contributed by atoms with Gasteiger partial charge in [-0.2, -0.15) is 5.10 Å². The number of hydrogen-bond acceptors (Lipinski definition) is 8. The van der Waals surface area contributed by atoms with E-state index in [1.165, 1.54) is 27.5 Å². The van der Waals surface area contributed by atoms with Crippen LogP contribution in [-0.4, -0.2) is 49.8 Å². The number of anilines is 1. The van der Waals surface area contributed by atoms with E-state index >= 15 is 0 Å². The van der Waals surface area contributed by atoms with Gasteiger partial charge in [0, 0.05) is 22.7 Å². The van der Waals surface area contributed by atoms with E-state index in [4.69, 9.17) is 25.8 Å². The molecule has 0 bridgehead atoms. The lowest BCUT2D eigenvalue weighted by Crippen LogP contribution is -2.41. The van der Waals surface area contributed by atoms with Crippen LogP contribution in [0.25, 0.3) is 0 Å². The van der Waals surface area contributed by atoms with Crippen molar-refractivity contribution in [1.29, 1.82) is 0 Å². The highest BCUT2D eigenvalue weighted by Gasteiger charge is 2.30. The number of rotatable bonds is 7. The second-order valence-electron chi connectivity index (χ2n) is 6.47. The Labute approximate surface area is 194 Å². The number of amides is 2. The van der Waals surface area contributed by atoms with Crippen molar-refractivity contribution < 1.29 is 23.8 Å². The zero-order chi connectivity index (χ0) is 23.1. The number of hydrogen-bond donors (Lipinski definition) is 2. The summed E-state index contributed by atoms with van der Waals surface area (Å²) in [7, 11) is 4.55. The maximum atomic E-state index is 12.6. The van der Waals surface area contributed by atoms with Crippen molar-refractivity contribution >= 4 is 52.2 Å². The third kappa shape index (κ3) is 5.92. The molecule has 1 atom stereocenters. The lowest BCUT2D eigenvalue weighted by Gasteiger charge is -2.21. The van der Waals surface area contributed by atoms with E-state index in [2.05, 4.69) is 20.8 Å². The average Bonchev–Trinajstić information content (AvgIpc) is 2.78. The zero-order valence-corrected chi connectivity index (χ0v) is 19.1. The Balaban J connectivity index is 1.72. The second-order valence-corrected chi connectivity index (χ2v) is 8.09. The number of thioether (sulfide) groups is 1. The molecule has 2 aromatic carbocycles. The van der Waals surface area contributed by atoms with Gasteiger partial charge in [0.15, 0.2) is 16.7 Å². The highest BCUT2D eigenvalue weighted by molar-refractivity contribution is 8.15. The van der Waals surface area contributed by atoms with Crippen molar-refractivity contribution in [2.75, 3.05) is 26.6 Å². The molecule has 0 unspecified atom stereocenters. The largest absolute Gasteiger partial charge is 0.493 e. The predicted molar refractivity (Wildman–Crippen MR) is 125 cm³/mol. The molecule has 1 fully saturated rings. The molecule has 1 heterocycles. The van der Waals surface area contributed by atoms with Gasteiger partial charge in [-0.25, -0.2) is 0 Å². The summed E-state index contributed by atoms with van der Waals surface area (Å²) < 4.78 is 15.9. The summed E-state index contributed by atoms with van der Waals surface area (Å²) >= 11 is 7.06. The number of benzene rings is 2. The van der Waals surface area contributed by atoms with Gasteiger partial charge in [-0.1, -0.05) is 29.4 Å². The molecule has 0 radical (unpaired) electrons. The fraction of sp³-hybridized carbons (Fsp3) is 0.238. The van der Waals surface area contributed by atoms with E-state index in [1.54, 1.807) is 36.4 Å². The Morgan fingerprint density at radius 1 is 1.19 bits per heavy atom. The van der Waals surface area contributed by atoms with Crippen LogP contribution in [0.4, 0.5) is 5.69 Å². The third-order valence-corrected chi connectivity index (χ3v) is 5.61. The van der Waals surface area contributed by atoms with Crippen LogP contribution in [0.15, 0.2) is 46.6 Å². The van der Waals surface area contributed by atoms with Crippen molar-refractivity contribution in [2.24, 2.45) is 10.2 Å². The van der Waals surface area contributed by atoms with Crippen molar-refractivity contribution in [3.8, 4) is 17.2 Å². The summed E-state index contributed by atoms with van der Waals surface area (Å²) in [6.45, 7) is 0. The van der Waals surface area contributed by atoms with Crippen LogP contribution in [0.5, 0.6) is 17.2 Å². The van der Waals surface area contributed by atoms with Crippen molar-refractivity contribution in [1.82, 2.24) is 5.32 Å². The number of amidine groups is 1. The number of methoxy groups -OCH3 is 3. The molecule has 11 heteroatoms. The quantitative estimate of drug-likeness (QED) is 0.468. The van der Waals surface area contributed by atoms with Gasteiger partial charge < -0.3 is 24.8 Å². The van der Waals surface area contributed by atoms with Gasteiger partial charge in [-0.15, -0.1) is 5.10 Å². The number of carbonyl (C=O) groups is 2. The molecule has 168 valence electrons. The Morgan fingerprint density at radius 2 is 1.91 bits per heavy atom. The Hall–Kier alpha value is -3.24. The molecule has 0 aromatic heterocycles. The van der Waals surface area contributed by atoms with Crippen LogP contribution < -0.4 is 24.8 Å². The summed E-state index contributed by atoms with van der Waals surface area (Å²) in [6, 6.07) is 10.2. The van der Waals surface area contributed by atoms with Crippen molar-refractivity contribution in [3.05, 3.63) is 47.0 Å². The van der Waals surface area contributed by atoms with E-state index < -0.39 is 5.25 Å². The van der Waals surface area contributed by atoms with Crippen LogP contribution >= 0.6 is 23.4 Å². The topological polar surface area (TPSA) is 111 Å². The summed E-state index contributed by atoms with van der Waals surface area (Å²) in [6.07, 6.45) is 1.49. The minimum absolute atomic E-state index is 0.0205. The molecule has 1 aliphatic heterocycles. The molecular formula is C21H21ClN4O5S. The number of carbonyl (C=O) groups excluding carboxylic acids is 2. The molecule has 9 nitrogen and oxygen atoms in total. The molecule has 0 saturated carbocycles. The van der Waals surface area contributed by atoms with E-state index in [0.717, 1.165) is 11.8 Å². The molecule has 32 heavy (non-hydrogen) atoms. The average molecular weight is 477 g/mol. The van der Waals surface area contributed by atoms with Gasteiger partial charge in [0.25, 0.3) is 0 Å². The van der Waals surface area contributed by atoms with Crippen LogP contribution in [0.1, 0.15) is 12.0 Å². The van der Waals surface area contributed by atoms with Gasteiger partial charge in [-0.05, 0) is 30.3 Å². The van der Waals surface area contributed by atoms with Crippen LogP contribution in [0.2, 0.25) is 5.02 Å². The molecule has 2 amide bonds. The van der Waals surface area contributed by atoms with Gasteiger partial charge in [-0.3, -0.25) is 9.59 Å². The summed E-state index contributed by atoms with van der Waals surface area (Å²) in [4.78, 5) is 24.6. The van der Waals surface area contributed by atoms with Crippen molar-refractivity contribution in [3.63, 3.8) is 0 Å². The number of nitrogens with zero attached hydrogens (tertiary/aromatic N) is 2. The first-order valence-corrected chi connectivity index (χ1v) is 10.6. The molecule has 2 aromatic rings. The van der Waals surface area contributed by atoms with Gasteiger partial charge in [0.05, 0.1) is 27.5 Å². The molecule has 1 saturated heterocycles. The van der Waals surface area contributed by atoms with Gasteiger partial charge in [0.2, 0.25) is 17.6 Å². The second kappa shape index (κ2) is 10.9. The number of nitrogens with one attached hydrogen (secondary N) is 2. The van der Waals surface area contributed by atoms with E-state index in [0.29, 0.717) is 33.5 Å². The van der Waals surface area contributed by atoms with Crippen LogP contribution in [0, 0.1) is 0 Å². The Kier molecular flexibility index (Phi) is 7.96. The molecular weight excluding hydrogens is 456 g/mol. The van der Waals surface area contributed by atoms with Gasteiger partial charge >= 0.3 is 0 Å². The highest BCUT2D eigenvalue weighted by atomic mass is 35.5. The molecule has 3 rings (SSSR count). The molecule has 2 N–H and O–H groups in total. The predicted octanol–water partition coefficient (Wildman–Crippen LogP) is 3.32. The number of ether oxygens (including phenoxy) is 3. The molecule has 0 spiro atoms. The van der Waals surface area contributed by atoms with E-state index in [1.807, 2.05) is 0 Å². The molecule has 1 aliphatic rings. The first-order chi connectivity index (χ1) is 15.4. The lowest BCUT2D eigenvalue weighted by molar-refractivity contribution is -0.123. The fourth-order valence-corrected chi connectivity index (χ4v) is 3.98. The number of halogens is 1. The van der Waals surface area contributed by atoms with E-state index in [9.17, 15) is 9.59 Å². The standard InChI is InChI=1S/C21H21ClN4O5S/c1-29-15-7-12(8-16(30-2)19(15)31-3)11-23-26-21-25-18(27)10-17(32-21)20(28)24-14-6-4-5-13(22)9-14/h4-9,11,17H,10H2,1-3H3,(H,24,28)(H,25,26,27)/b23-11-/t17-/m1/s1. The first kappa shape index (κ1) is 23.4. The van der Waals surface area contributed by atoms with Crippen LogP contribution in [-0.2, 0) is 9.59 Å². The zero-order valence-electron chi connectivity index (χ0n) is 17.5. The SMILES string of the molecule is COc1cc(/C=N\N=C2NC(=O)C[C@H](C(=O)Nc3cccc(Cl)c3)S2)cc(OC)c1OC. The fourth-order valence-electron chi connectivity index (χ4n) is 2.85. The summed E-state index contributed by atoms with van der Waals surface area (Å²) in [5.41, 5.74) is 1.19. The minimum Gasteiger partial charge on any atom is -0.493 e. The summed E-state index contributed by atoms with van der Waals surface area (Å²) in [5.74, 6) is 0.755. The highest BCUT2D eigenvalue weighted by Crippen LogP contribution is 2.37. The maximum Gasteiger partial charge on any atom is 0.238 e. The summed E-state index contributed by atoms with van der Waals surface area (Å²) in [5, 5.41) is 13.5. The minimum atomic E-state index is -0.655. The molecule has 0 aliphatic carbocycles. The van der Waals surface area contributed by atoms with Crippen molar-refractivity contribution in [2.45, 2.75) is 11.7 Å². The third-order valence-electron chi connectivity index (χ3n) is 4.30. The lowest BCUT2D eigenvalue weighted by atomic mass is 10.2.